The number of rotatable bonds is 8. The average molecular weight is 567 g/mol. The summed E-state index contributed by atoms with van der Waals surface area (Å²) >= 11 is 0. The minimum absolute atomic E-state index is 0.120. The Morgan fingerprint density at radius 3 is 2.41 bits per heavy atom. The van der Waals surface area contributed by atoms with Gasteiger partial charge in [-0.05, 0) is 47.3 Å². The number of aryl methyl sites for hydroxylation is 1. The number of hydrogen-bond donors (Lipinski definition) is 2. The van der Waals surface area contributed by atoms with Crippen LogP contribution in [0.15, 0.2) is 59.8 Å². The molecule has 1 aliphatic rings. The number of carbonyl (C=O) groups excluding carboxylic acids is 1. The summed E-state index contributed by atoms with van der Waals surface area (Å²) in [4.78, 5) is 25.2. The van der Waals surface area contributed by atoms with Gasteiger partial charge in [0.25, 0.3) is 10.0 Å². The monoisotopic (exact) mass is 566 g/mol. The van der Waals surface area contributed by atoms with Crippen molar-refractivity contribution >= 4 is 44.7 Å². The molecule has 0 amide bonds. The van der Waals surface area contributed by atoms with Crippen molar-refractivity contribution in [3.8, 4) is 0 Å². The zero-order valence-corrected chi connectivity index (χ0v) is 21.7. The van der Waals surface area contributed by atoms with E-state index in [1.54, 1.807) is 6.07 Å². The first-order valence-corrected chi connectivity index (χ1v) is 13.0. The molecule has 0 bridgehead atoms. The van der Waals surface area contributed by atoms with Gasteiger partial charge in [-0.3, -0.25) is 0 Å². The van der Waals surface area contributed by atoms with Crippen molar-refractivity contribution in [3.05, 3.63) is 60.4 Å². The second-order valence-electron chi connectivity index (χ2n) is 8.48. The molecule has 15 heteroatoms. The molecule has 1 saturated heterocycles. The average Bonchev–Trinajstić information content (AvgIpc) is 2.89. The number of nitrogens with one attached hydrogen (secondary N) is 2. The summed E-state index contributed by atoms with van der Waals surface area (Å²) in [6.45, 7) is 3.90. The lowest BCUT2D eigenvalue weighted by Gasteiger charge is -2.31. The van der Waals surface area contributed by atoms with Crippen LogP contribution in [0.2, 0.25) is 0 Å². The maximum Gasteiger partial charge on any atom is 0.492 e. The molecule has 1 fully saturated rings. The summed E-state index contributed by atoms with van der Waals surface area (Å²) in [5.74, 6) is -1.87. The minimum atomic E-state index is -5.37. The predicted octanol–water partition coefficient (Wildman–Crippen LogP) is 3.75. The van der Waals surface area contributed by atoms with Gasteiger partial charge in [0.15, 0.2) is 0 Å². The fourth-order valence-electron chi connectivity index (χ4n) is 3.72. The molecular formula is C24H25F3N6O5S. The van der Waals surface area contributed by atoms with Crippen molar-refractivity contribution in [2.24, 2.45) is 0 Å². The highest BCUT2D eigenvalue weighted by Crippen LogP contribution is 2.33. The molecule has 0 aliphatic carbocycles. The number of nitrogens with zero attached hydrogens (tertiary/aromatic N) is 4. The van der Waals surface area contributed by atoms with Gasteiger partial charge in [-0.1, -0.05) is 12.1 Å². The van der Waals surface area contributed by atoms with E-state index >= 15 is 0 Å². The Kier molecular flexibility index (Phi) is 8.22. The van der Waals surface area contributed by atoms with Gasteiger partial charge in [0.1, 0.15) is 18.0 Å². The van der Waals surface area contributed by atoms with Gasteiger partial charge in [0, 0.05) is 31.9 Å². The van der Waals surface area contributed by atoms with Gasteiger partial charge in [-0.25, -0.2) is 23.2 Å². The lowest BCUT2D eigenvalue weighted by molar-refractivity contribution is -0.219. The number of carbonyl (C=O) groups is 1. The lowest BCUT2D eigenvalue weighted by atomic mass is 10.2. The highest BCUT2D eigenvalue weighted by Gasteiger charge is 2.44. The van der Waals surface area contributed by atoms with Crippen molar-refractivity contribution in [1.29, 1.82) is 0 Å². The third kappa shape index (κ3) is 6.93. The Hall–Kier alpha value is -3.95. The third-order valence-corrected chi connectivity index (χ3v) is 7.22. The second kappa shape index (κ2) is 11.4. The highest BCUT2D eigenvalue weighted by molar-refractivity contribution is 7.89. The quantitative estimate of drug-likeness (QED) is 0.390. The van der Waals surface area contributed by atoms with Gasteiger partial charge < -0.3 is 25.1 Å². The van der Waals surface area contributed by atoms with Crippen molar-refractivity contribution < 1.29 is 36.0 Å². The van der Waals surface area contributed by atoms with Crippen LogP contribution in [-0.2, 0) is 24.4 Å². The van der Waals surface area contributed by atoms with Crippen LogP contribution in [0.3, 0.4) is 0 Å². The molecule has 4 rings (SSSR count). The van der Waals surface area contributed by atoms with Gasteiger partial charge in [0.2, 0.25) is 0 Å². The Labute approximate surface area is 222 Å². The number of halogens is 3. The van der Waals surface area contributed by atoms with Gasteiger partial charge in [-0.15, -0.1) is 0 Å². The van der Waals surface area contributed by atoms with Gasteiger partial charge >= 0.3 is 12.1 Å². The number of anilines is 5. The van der Waals surface area contributed by atoms with E-state index in [0.29, 0.717) is 56.4 Å². The number of alkyl halides is 3. The zero-order valence-electron chi connectivity index (χ0n) is 20.9. The summed E-state index contributed by atoms with van der Waals surface area (Å²) < 4.78 is 69.0. The highest BCUT2D eigenvalue weighted by atomic mass is 32.2. The van der Waals surface area contributed by atoms with Crippen LogP contribution >= 0.6 is 0 Å². The fourth-order valence-corrected chi connectivity index (χ4v) is 4.69. The van der Waals surface area contributed by atoms with Crippen LogP contribution in [0, 0.1) is 6.92 Å². The molecule has 2 N–H and O–H groups in total. The minimum Gasteiger partial charge on any atom is -0.378 e. The summed E-state index contributed by atoms with van der Waals surface area (Å²) in [7, 11) is -3.94. The lowest BCUT2D eigenvalue weighted by Crippen LogP contribution is -2.37. The fraction of sp³-hybridized carbons (Fsp3) is 0.292. The van der Waals surface area contributed by atoms with Crippen LogP contribution in [0.5, 0.6) is 0 Å². The molecule has 1 aliphatic heterocycles. The van der Waals surface area contributed by atoms with Crippen LogP contribution in [-0.4, -0.2) is 68.4 Å². The number of sulfonamides is 1. The topological polar surface area (TPSA) is 126 Å². The molecule has 2 heterocycles. The summed E-state index contributed by atoms with van der Waals surface area (Å²) in [5.41, 5.74) is 2.76. The number of hydrogen-bond acceptors (Lipinski definition) is 10. The van der Waals surface area contributed by atoms with Crippen LogP contribution in [0.25, 0.3) is 0 Å². The van der Waals surface area contributed by atoms with E-state index in [1.165, 1.54) is 24.5 Å². The number of ether oxygens (including phenoxy) is 1. The van der Waals surface area contributed by atoms with Crippen molar-refractivity contribution in [2.75, 3.05) is 48.9 Å². The molecular weight excluding hydrogens is 541 g/mol. The molecule has 208 valence electrons. The normalized spacial score (nSPS) is 14.3. The summed E-state index contributed by atoms with van der Waals surface area (Å²) in [6, 6.07) is 13.2. The number of aromatic nitrogens is 2. The zero-order chi connectivity index (χ0) is 28.2. The first kappa shape index (κ1) is 28.1. The first-order chi connectivity index (χ1) is 18.4. The van der Waals surface area contributed by atoms with Crippen molar-refractivity contribution in [2.45, 2.75) is 18.0 Å². The predicted molar refractivity (Wildman–Crippen MR) is 136 cm³/mol. The van der Waals surface area contributed by atoms with Crippen molar-refractivity contribution in [3.63, 3.8) is 0 Å². The maximum absolute atomic E-state index is 13.0. The number of benzene rings is 2. The van der Waals surface area contributed by atoms with Crippen LogP contribution in [0.4, 0.5) is 41.9 Å². The van der Waals surface area contributed by atoms with Gasteiger partial charge in [-0.2, -0.15) is 13.2 Å². The summed E-state index contributed by atoms with van der Waals surface area (Å²) in [5, 5.41) is 6.25. The van der Waals surface area contributed by atoms with E-state index in [9.17, 15) is 26.4 Å². The van der Waals surface area contributed by atoms with E-state index in [2.05, 4.69) is 25.4 Å². The Balaban J connectivity index is 1.65. The Bertz CT molecular complexity index is 1450. The number of morpholine rings is 1. The first-order valence-electron chi connectivity index (χ1n) is 11.6. The van der Waals surface area contributed by atoms with E-state index in [0.717, 1.165) is 11.3 Å². The van der Waals surface area contributed by atoms with Gasteiger partial charge in [0.05, 0.1) is 29.5 Å². The Morgan fingerprint density at radius 1 is 1.05 bits per heavy atom. The van der Waals surface area contributed by atoms with E-state index in [-0.39, 0.29) is 4.47 Å². The Morgan fingerprint density at radius 2 is 1.74 bits per heavy atom. The molecule has 1 aromatic heterocycles. The smallest absolute Gasteiger partial charge is 0.378 e. The van der Waals surface area contributed by atoms with Crippen LogP contribution in [0.1, 0.15) is 5.56 Å². The molecule has 0 unspecified atom stereocenters. The van der Waals surface area contributed by atoms with Crippen LogP contribution < -0.4 is 15.5 Å². The molecule has 3 aromatic rings. The third-order valence-electron chi connectivity index (χ3n) is 5.62. The number of hydroxylamine groups is 1. The standard InChI is InChI=1S/C24H25F3N6O5S/c1-16-4-3-5-17(12-16)30-21-14-22(29-15-28-21)31-19-13-18(6-7-20(19)33-8-10-37-11-9-33)39(35,36)32(2)38-23(34)24(25,26)27/h3-7,12-15H,8-11H2,1-2H3,(H2,28,29,30,31). The van der Waals surface area contributed by atoms with E-state index in [1.807, 2.05) is 36.1 Å². The largest absolute Gasteiger partial charge is 0.492 e. The SMILES string of the molecule is Cc1cccc(Nc2cc(Nc3cc(S(=O)(=O)N(C)OC(=O)C(F)(F)F)ccc3N3CCOCC3)ncn2)c1. The molecule has 0 saturated carbocycles. The van der Waals surface area contributed by atoms with Crippen molar-refractivity contribution in [1.82, 2.24) is 14.4 Å². The second-order valence-corrected chi connectivity index (χ2v) is 10.4. The molecule has 0 spiro atoms. The maximum atomic E-state index is 13.0. The molecule has 39 heavy (non-hydrogen) atoms. The molecule has 0 atom stereocenters. The molecule has 2 aromatic carbocycles. The van der Waals surface area contributed by atoms with E-state index < -0.39 is 27.1 Å². The molecule has 11 nitrogen and oxygen atoms in total. The molecule has 0 radical (unpaired) electrons. The van der Waals surface area contributed by atoms with E-state index in [4.69, 9.17) is 4.74 Å². The summed E-state index contributed by atoms with van der Waals surface area (Å²) in [6.07, 6.45) is -4.05.